The van der Waals surface area contributed by atoms with Gasteiger partial charge in [-0.3, -0.25) is 4.79 Å². The third-order valence-corrected chi connectivity index (χ3v) is 5.51. The van der Waals surface area contributed by atoms with E-state index >= 15 is 0 Å². The predicted octanol–water partition coefficient (Wildman–Crippen LogP) is 2.80. The number of nitrogens with zero attached hydrogens (tertiary/aromatic N) is 5. The van der Waals surface area contributed by atoms with Crippen LogP contribution in [0, 0.1) is 11.8 Å². The molecule has 0 N–H and O–H groups in total. The Labute approximate surface area is 157 Å². The number of piperazine rings is 1. The Morgan fingerprint density at radius 3 is 2.46 bits per heavy atom. The van der Waals surface area contributed by atoms with E-state index in [-0.39, 0.29) is 0 Å². The molecule has 2 fully saturated rings. The van der Waals surface area contributed by atoms with Gasteiger partial charge in [-0.05, 0) is 31.1 Å². The molecule has 1 aromatic heterocycles. The molecule has 2 aliphatic rings. The third kappa shape index (κ3) is 4.86. The van der Waals surface area contributed by atoms with Crippen molar-refractivity contribution in [3.05, 3.63) is 12.4 Å². The minimum Gasteiger partial charge on any atom is -0.356 e. The monoisotopic (exact) mass is 359 g/mol. The van der Waals surface area contributed by atoms with Gasteiger partial charge in [0.2, 0.25) is 5.91 Å². The van der Waals surface area contributed by atoms with Gasteiger partial charge in [-0.1, -0.05) is 20.8 Å². The van der Waals surface area contributed by atoms with Crippen LogP contribution in [0.4, 0.5) is 11.6 Å². The van der Waals surface area contributed by atoms with E-state index in [0.717, 1.165) is 63.2 Å². The number of anilines is 2. The zero-order valence-electron chi connectivity index (χ0n) is 16.5. The number of rotatable bonds is 5. The zero-order valence-corrected chi connectivity index (χ0v) is 16.5. The molecule has 1 amide bonds. The molecular weight excluding hydrogens is 326 g/mol. The van der Waals surface area contributed by atoms with Crippen molar-refractivity contribution in [2.75, 3.05) is 49.1 Å². The highest BCUT2D eigenvalue weighted by Crippen LogP contribution is 2.24. The van der Waals surface area contributed by atoms with Crippen molar-refractivity contribution in [1.82, 2.24) is 14.9 Å². The number of hydrogen-bond donors (Lipinski definition) is 0. The molecule has 0 aromatic carbocycles. The van der Waals surface area contributed by atoms with E-state index in [4.69, 9.17) is 0 Å². The van der Waals surface area contributed by atoms with Gasteiger partial charge in [-0.2, -0.15) is 0 Å². The van der Waals surface area contributed by atoms with Gasteiger partial charge in [0.05, 0.1) is 0 Å². The van der Waals surface area contributed by atoms with E-state index < -0.39 is 0 Å². The van der Waals surface area contributed by atoms with E-state index in [1.54, 1.807) is 6.33 Å². The average Bonchev–Trinajstić information content (AvgIpc) is 2.66. The third-order valence-electron chi connectivity index (χ3n) is 5.51. The van der Waals surface area contributed by atoms with Gasteiger partial charge in [0.15, 0.2) is 0 Å². The lowest BCUT2D eigenvalue weighted by Crippen LogP contribution is -2.49. The highest BCUT2D eigenvalue weighted by molar-refractivity contribution is 5.76. The molecule has 6 nitrogen and oxygen atoms in total. The summed E-state index contributed by atoms with van der Waals surface area (Å²) in [7, 11) is 0. The minimum absolute atomic E-state index is 0.295. The molecule has 0 radical (unpaired) electrons. The Balaban J connectivity index is 1.56. The van der Waals surface area contributed by atoms with E-state index in [1.165, 1.54) is 12.8 Å². The molecular formula is C20H33N5O. The van der Waals surface area contributed by atoms with Crippen molar-refractivity contribution in [1.29, 1.82) is 0 Å². The fourth-order valence-electron chi connectivity index (χ4n) is 3.84. The Morgan fingerprint density at radius 2 is 1.81 bits per heavy atom. The second-order valence-corrected chi connectivity index (χ2v) is 8.23. The van der Waals surface area contributed by atoms with Gasteiger partial charge in [-0.15, -0.1) is 0 Å². The molecule has 3 rings (SSSR count). The first-order valence-electron chi connectivity index (χ1n) is 10.1. The number of piperidine rings is 1. The van der Waals surface area contributed by atoms with Crippen molar-refractivity contribution >= 4 is 17.5 Å². The molecule has 1 atom stereocenters. The molecule has 0 saturated carbocycles. The molecule has 2 saturated heterocycles. The fraction of sp³-hybridized carbons (Fsp3) is 0.750. The highest BCUT2D eigenvalue weighted by atomic mass is 16.2. The Kier molecular flexibility index (Phi) is 6.33. The van der Waals surface area contributed by atoms with Crippen LogP contribution in [0.1, 0.15) is 46.5 Å². The first kappa shape index (κ1) is 18.9. The average molecular weight is 360 g/mol. The SMILES string of the molecule is CC(C)CCC(=O)N1CCN(c2cc(N3CCCC(C)C3)ncn2)CC1. The van der Waals surface area contributed by atoms with E-state index in [1.807, 2.05) is 4.90 Å². The minimum atomic E-state index is 0.295. The van der Waals surface area contributed by atoms with Gasteiger partial charge in [0.25, 0.3) is 0 Å². The van der Waals surface area contributed by atoms with E-state index in [2.05, 4.69) is 46.6 Å². The van der Waals surface area contributed by atoms with Crippen molar-refractivity contribution in [3.8, 4) is 0 Å². The summed E-state index contributed by atoms with van der Waals surface area (Å²) in [6.07, 6.45) is 5.87. The number of amides is 1. The summed E-state index contributed by atoms with van der Waals surface area (Å²) < 4.78 is 0. The smallest absolute Gasteiger partial charge is 0.222 e. The van der Waals surface area contributed by atoms with Crippen molar-refractivity contribution < 1.29 is 4.79 Å². The van der Waals surface area contributed by atoms with Crippen LogP contribution in [0.25, 0.3) is 0 Å². The maximum Gasteiger partial charge on any atom is 0.222 e. The van der Waals surface area contributed by atoms with Crippen LogP contribution in [0.3, 0.4) is 0 Å². The van der Waals surface area contributed by atoms with Gasteiger partial charge in [0, 0.05) is 51.8 Å². The van der Waals surface area contributed by atoms with Crippen LogP contribution < -0.4 is 9.80 Å². The van der Waals surface area contributed by atoms with Crippen LogP contribution in [0.15, 0.2) is 12.4 Å². The van der Waals surface area contributed by atoms with Gasteiger partial charge < -0.3 is 14.7 Å². The quantitative estimate of drug-likeness (QED) is 0.809. The van der Waals surface area contributed by atoms with Crippen LogP contribution >= 0.6 is 0 Å². The van der Waals surface area contributed by atoms with E-state index in [0.29, 0.717) is 18.2 Å². The molecule has 0 aliphatic carbocycles. The molecule has 26 heavy (non-hydrogen) atoms. The lowest BCUT2D eigenvalue weighted by atomic mass is 10.0. The number of carbonyl (C=O) groups is 1. The van der Waals surface area contributed by atoms with Crippen LogP contribution in [-0.4, -0.2) is 60.0 Å². The fourth-order valence-corrected chi connectivity index (χ4v) is 3.84. The standard InChI is InChI=1S/C20H33N5O/c1-16(2)6-7-20(26)24-11-9-23(10-12-24)18-13-19(22-15-21-18)25-8-4-5-17(3)14-25/h13,15-17H,4-12,14H2,1-3H3. The largest absolute Gasteiger partial charge is 0.356 e. The van der Waals surface area contributed by atoms with Crippen molar-refractivity contribution in [2.45, 2.75) is 46.5 Å². The van der Waals surface area contributed by atoms with Crippen LogP contribution in [0.5, 0.6) is 0 Å². The molecule has 0 bridgehead atoms. The van der Waals surface area contributed by atoms with Crippen LogP contribution in [-0.2, 0) is 4.79 Å². The second kappa shape index (κ2) is 8.69. The number of aromatic nitrogens is 2. The predicted molar refractivity (Wildman–Crippen MR) is 106 cm³/mol. The van der Waals surface area contributed by atoms with Gasteiger partial charge in [-0.25, -0.2) is 9.97 Å². The van der Waals surface area contributed by atoms with Crippen molar-refractivity contribution in [2.24, 2.45) is 11.8 Å². The summed E-state index contributed by atoms with van der Waals surface area (Å²) in [5, 5.41) is 0. The molecule has 6 heteroatoms. The molecule has 3 heterocycles. The lowest BCUT2D eigenvalue weighted by molar-refractivity contribution is -0.131. The maximum atomic E-state index is 12.3. The van der Waals surface area contributed by atoms with Gasteiger partial charge >= 0.3 is 0 Å². The van der Waals surface area contributed by atoms with Crippen LogP contribution in [0.2, 0.25) is 0 Å². The number of hydrogen-bond acceptors (Lipinski definition) is 5. The van der Waals surface area contributed by atoms with Crippen molar-refractivity contribution in [3.63, 3.8) is 0 Å². The summed E-state index contributed by atoms with van der Waals surface area (Å²) >= 11 is 0. The molecule has 0 spiro atoms. The summed E-state index contributed by atoms with van der Waals surface area (Å²) in [6.45, 7) is 12.1. The first-order valence-corrected chi connectivity index (χ1v) is 10.1. The Hall–Kier alpha value is -1.85. The summed E-state index contributed by atoms with van der Waals surface area (Å²) in [5.41, 5.74) is 0. The summed E-state index contributed by atoms with van der Waals surface area (Å²) in [4.78, 5) is 28.0. The summed E-state index contributed by atoms with van der Waals surface area (Å²) in [5.74, 6) is 3.63. The highest BCUT2D eigenvalue weighted by Gasteiger charge is 2.23. The van der Waals surface area contributed by atoms with E-state index in [9.17, 15) is 4.79 Å². The lowest BCUT2D eigenvalue weighted by Gasteiger charge is -2.36. The zero-order chi connectivity index (χ0) is 18.5. The Morgan fingerprint density at radius 1 is 1.12 bits per heavy atom. The topological polar surface area (TPSA) is 52.6 Å². The summed E-state index contributed by atoms with van der Waals surface area (Å²) in [6, 6.07) is 2.12. The normalized spacial score (nSPS) is 21.4. The first-order chi connectivity index (χ1) is 12.5. The molecule has 2 aliphatic heterocycles. The molecule has 144 valence electrons. The Bertz CT molecular complexity index is 598. The second-order valence-electron chi connectivity index (χ2n) is 8.23. The van der Waals surface area contributed by atoms with Gasteiger partial charge in [0.1, 0.15) is 18.0 Å². The maximum absolute atomic E-state index is 12.3. The number of carbonyl (C=O) groups excluding carboxylic acids is 1. The molecule has 1 aromatic rings. The molecule has 1 unspecified atom stereocenters.